The number of amides is 1. The molecule has 0 aromatic heterocycles. The van der Waals surface area contributed by atoms with Gasteiger partial charge in [-0.1, -0.05) is 13.3 Å². The van der Waals surface area contributed by atoms with Gasteiger partial charge in [0, 0.05) is 43.6 Å². The van der Waals surface area contributed by atoms with E-state index in [1.54, 1.807) is 37.4 Å². The zero-order valence-corrected chi connectivity index (χ0v) is 21.6. The van der Waals surface area contributed by atoms with E-state index < -0.39 is 5.60 Å². The molecule has 2 aromatic rings. The van der Waals surface area contributed by atoms with E-state index >= 15 is 0 Å². The Morgan fingerprint density at radius 3 is 2.44 bits per heavy atom. The molecule has 0 N–H and O–H groups in total. The highest BCUT2D eigenvalue weighted by Gasteiger charge is 2.45. The van der Waals surface area contributed by atoms with Crippen molar-refractivity contribution in [3.05, 3.63) is 41.5 Å². The first-order valence-electron chi connectivity index (χ1n) is 12.6. The van der Waals surface area contributed by atoms with Crippen LogP contribution in [0.5, 0.6) is 28.7 Å². The molecule has 0 unspecified atom stereocenters. The number of likely N-dealkylation sites (tertiary alicyclic amines) is 1. The van der Waals surface area contributed by atoms with Crippen LogP contribution in [0.2, 0.25) is 0 Å². The van der Waals surface area contributed by atoms with E-state index in [0.717, 1.165) is 12.8 Å². The third-order valence-corrected chi connectivity index (χ3v) is 6.79. The van der Waals surface area contributed by atoms with Gasteiger partial charge in [0.05, 0.1) is 33.9 Å². The summed E-state index contributed by atoms with van der Waals surface area (Å²) in [5.41, 5.74) is 0.357. The molecule has 0 aliphatic carbocycles. The highest BCUT2D eigenvalue weighted by Crippen LogP contribution is 2.45. The predicted molar refractivity (Wildman–Crippen MR) is 135 cm³/mol. The van der Waals surface area contributed by atoms with Gasteiger partial charge < -0.3 is 28.6 Å². The number of hydrogen-bond acceptors (Lipinski definition) is 7. The van der Waals surface area contributed by atoms with Crippen LogP contribution in [-0.2, 0) is 0 Å². The van der Waals surface area contributed by atoms with Crippen molar-refractivity contribution in [2.24, 2.45) is 0 Å². The minimum atomic E-state index is -0.647. The number of carbonyl (C=O) groups excluding carboxylic acids is 2. The number of nitrogens with zero attached hydrogens (tertiary/aromatic N) is 1. The maximum absolute atomic E-state index is 13.3. The summed E-state index contributed by atoms with van der Waals surface area (Å²) in [6, 6.07) is 8.77. The quantitative estimate of drug-likeness (QED) is 0.455. The van der Waals surface area contributed by atoms with Crippen LogP contribution >= 0.6 is 0 Å². The molecule has 1 saturated heterocycles. The van der Waals surface area contributed by atoms with Gasteiger partial charge in [0.1, 0.15) is 28.4 Å². The Labute approximate surface area is 212 Å². The molecule has 0 bridgehead atoms. The zero-order chi connectivity index (χ0) is 25.7. The molecule has 1 fully saturated rings. The van der Waals surface area contributed by atoms with Gasteiger partial charge in [0.25, 0.3) is 5.91 Å². The SMILES string of the molecule is CCCCOc1ccc(C(=O)N2CCC3(CC2)CC(=O)c2c(OC)cc(OC)cc2O3)cc1OCC. The van der Waals surface area contributed by atoms with E-state index in [0.29, 0.717) is 79.0 Å². The van der Waals surface area contributed by atoms with Gasteiger partial charge >= 0.3 is 0 Å². The smallest absolute Gasteiger partial charge is 0.253 e. The minimum absolute atomic E-state index is 0.0180. The summed E-state index contributed by atoms with van der Waals surface area (Å²) in [5.74, 6) is 2.63. The summed E-state index contributed by atoms with van der Waals surface area (Å²) in [5, 5.41) is 0. The molecule has 8 heteroatoms. The summed E-state index contributed by atoms with van der Waals surface area (Å²) in [6.45, 7) is 6.08. The van der Waals surface area contributed by atoms with Gasteiger partial charge in [0.2, 0.25) is 0 Å². The van der Waals surface area contributed by atoms with Crippen LogP contribution in [0.4, 0.5) is 0 Å². The number of carbonyl (C=O) groups is 2. The van der Waals surface area contributed by atoms with E-state index in [9.17, 15) is 9.59 Å². The van der Waals surface area contributed by atoms with Crippen molar-refractivity contribution in [1.29, 1.82) is 0 Å². The maximum atomic E-state index is 13.3. The summed E-state index contributed by atoms with van der Waals surface area (Å²) in [4.78, 5) is 28.2. The Morgan fingerprint density at radius 1 is 1.00 bits per heavy atom. The van der Waals surface area contributed by atoms with Crippen molar-refractivity contribution < 1.29 is 33.3 Å². The number of benzene rings is 2. The highest BCUT2D eigenvalue weighted by molar-refractivity contribution is 6.03. The first-order valence-corrected chi connectivity index (χ1v) is 12.6. The summed E-state index contributed by atoms with van der Waals surface area (Å²) < 4.78 is 28.8. The Kier molecular flexibility index (Phi) is 7.91. The summed E-state index contributed by atoms with van der Waals surface area (Å²) in [7, 11) is 3.09. The van der Waals surface area contributed by atoms with Crippen LogP contribution in [0, 0.1) is 0 Å². The number of piperidine rings is 1. The number of ether oxygens (including phenoxy) is 5. The molecule has 0 atom stereocenters. The average molecular weight is 498 g/mol. The molecule has 4 rings (SSSR count). The lowest BCUT2D eigenvalue weighted by Gasteiger charge is -2.44. The molecule has 194 valence electrons. The van der Waals surface area contributed by atoms with Crippen molar-refractivity contribution >= 4 is 11.7 Å². The number of Topliss-reactive ketones (excluding diaryl/α,β-unsaturated/α-hetero) is 1. The first-order chi connectivity index (χ1) is 17.4. The molecule has 0 radical (unpaired) electrons. The van der Waals surface area contributed by atoms with Crippen molar-refractivity contribution in [3.63, 3.8) is 0 Å². The predicted octanol–water partition coefficient (Wildman–Crippen LogP) is 4.92. The second kappa shape index (κ2) is 11.1. The van der Waals surface area contributed by atoms with Crippen LogP contribution < -0.4 is 23.7 Å². The second-order valence-electron chi connectivity index (χ2n) is 9.18. The van der Waals surface area contributed by atoms with Crippen LogP contribution in [-0.4, -0.2) is 62.7 Å². The van der Waals surface area contributed by atoms with Crippen LogP contribution in [0.3, 0.4) is 0 Å². The Balaban J connectivity index is 1.47. The highest BCUT2D eigenvalue weighted by atomic mass is 16.5. The van der Waals surface area contributed by atoms with E-state index in [1.165, 1.54) is 7.11 Å². The minimum Gasteiger partial charge on any atom is -0.496 e. The Hall–Kier alpha value is -3.42. The van der Waals surface area contributed by atoms with Crippen LogP contribution in [0.25, 0.3) is 0 Å². The van der Waals surface area contributed by atoms with E-state index in [1.807, 2.05) is 11.8 Å². The summed E-state index contributed by atoms with van der Waals surface area (Å²) in [6.07, 6.45) is 3.36. The molecule has 1 amide bonds. The van der Waals surface area contributed by atoms with Crippen molar-refractivity contribution in [1.82, 2.24) is 4.90 Å². The van der Waals surface area contributed by atoms with Gasteiger partial charge in [-0.05, 0) is 31.5 Å². The molecule has 2 heterocycles. The fourth-order valence-electron chi connectivity index (χ4n) is 4.78. The molecule has 36 heavy (non-hydrogen) atoms. The number of hydrogen-bond donors (Lipinski definition) is 0. The topological polar surface area (TPSA) is 83.5 Å². The lowest BCUT2D eigenvalue weighted by Crippen LogP contribution is -2.52. The molecule has 8 nitrogen and oxygen atoms in total. The van der Waals surface area contributed by atoms with E-state index in [-0.39, 0.29) is 18.1 Å². The fraction of sp³-hybridized carbons (Fsp3) is 0.500. The van der Waals surface area contributed by atoms with Gasteiger partial charge in [-0.15, -0.1) is 0 Å². The van der Waals surface area contributed by atoms with Gasteiger partial charge in [-0.2, -0.15) is 0 Å². The average Bonchev–Trinajstić information content (AvgIpc) is 2.89. The lowest BCUT2D eigenvalue weighted by molar-refractivity contribution is -0.00611. The zero-order valence-electron chi connectivity index (χ0n) is 21.6. The number of ketones is 1. The van der Waals surface area contributed by atoms with E-state index in [2.05, 4.69) is 6.92 Å². The molecule has 0 saturated carbocycles. The molecule has 1 spiro atoms. The number of fused-ring (bicyclic) bond motifs is 1. The summed E-state index contributed by atoms with van der Waals surface area (Å²) >= 11 is 0. The largest absolute Gasteiger partial charge is 0.496 e. The lowest BCUT2D eigenvalue weighted by atomic mass is 9.82. The molecule has 2 aliphatic heterocycles. The van der Waals surface area contributed by atoms with Gasteiger partial charge in [0.15, 0.2) is 17.3 Å². The van der Waals surface area contributed by atoms with Crippen LogP contribution in [0.15, 0.2) is 30.3 Å². The second-order valence-corrected chi connectivity index (χ2v) is 9.18. The van der Waals surface area contributed by atoms with E-state index in [4.69, 9.17) is 23.7 Å². The standard InChI is InChI=1S/C28H35NO7/c1-5-7-14-35-22-9-8-19(15-23(22)34-6-2)27(31)29-12-10-28(11-13-29)18-21(30)26-24(33-4)16-20(32-3)17-25(26)36-28/h8-9,15-17H,5-7,10-14,18H2,1-4H3. The normalized spacial score (nSPS) is 16.2. The molecule has 2 aliphatic rings. The monoisotopic (exact) mass is 497 g/mol. The van der Waals surface area contributed by atoms with Crippen molar-refractivity contribution in [2.75, 3.05) is 40.5 Å². The van der Waals surface area contributed by atoms with Crippen molar-refractivity contribution in [2.45, 2.75) is 51.6 Å². The van der Waals surface area contributed by atoms with Gasteiger partial charge in [-0.3, -0.25) is 9.59 Å². The maximum Gasteiger partial charge on any atom is 0.253 e. The van der Waals surface area contributed by atoms with Crippen LogP contribution in [0.1, 0.15) is 66.7 Å². The molecule has 2 aromatic carbocycles. The third kappa shape index (κ3) is 5.22. The number of rotatable bonds is 9. The molecular weight excluding hydrogens is 462 g/mol. The van der Waals surface area contributed by atoms with Crippen molar-refractivity contribution in [3.8, 4) is 28.7 Å². The number of unbranched alkanes of at least 4 members (excludes halogenated alkanes) is 1. The number of methoxy groups -OCH3 is 2. The fourth-order valence-corrected chi connectivity index (χ4v) is 4.78. The first kappa shape index (κ1) is 25.7. The third-order valence-electron chi connectivity index (χ3n) is 6.79. The Morgan fingerprint density at radius 2 is 1.78 bits per heavy atom. The molecular formula is C28H35NO7. The van der Waals surface area contributed by atoms with Gasteiger partial charge in [-0.25, -0.2) is 0 Å². The Bertz CT molecular complexity index is 1110.